The van der Waals surface area contributed by atoms with Gasteiger partial charge in [-0.25, -0.2) is 4.98 Å². The van der Waals surface area contributed by atoms with Crippen LogP contribution in [0, 0.1) is 6.92 Å². The second-order valence-corrected chi connectivity index (χ2v) is 5.93. The van der Waals surface area contributed by atoms with Crippen molar-refractivity contribution in [3.05, 3.63) is 58.3 Å². The standard InChI is InChI=1S/C16H16BrN3/c1-11-7-13(17)9-19-16(11)20(2)10-12-8-18-15-6-4-3-5-14(12)15/h3-9,18H,10H2,1-2H3. The van der Waals surface area contributed by atoms with E-state index >= 15 is 0 Å². The van der Waals surface area contributed by atoms with Gasteiger partial charge in [-0.3, -0.25) is 0 Å². The average molecular weight is 330 g/mol. The Morgan fingerprint density at radius 3 is 2.90 bits per heavy atom. The van der Waals surface area contributed by atoms with Crippen molar-refractivity contribution in [1.82, 2.24) is 9.97 Å². The summed E-state index contributed by atoms with van der Waals surface area (Å²) < 4.78 is 1.01. The predicted molar refractivity (Wildman–Crippen MR) is 87.1 cm³/mol. The van der Waals surface area contributed by atoms with Gasteiger partial charge >= 0.3 is 0 Å². The van der Waals surface area contributed by atoms with Crippen LogP contribution in [0.3, 0.4) is 0 Å². The van der Waals surface area contributed by atoms with Crippen molar-refractivity contribution >= 4 is 32.7 Å². The summed E-state index contributed by atoms with van der Waals surface area (Å²) in [6, 6.07) is 10.5. The molecule has 3 nitrogen and oxygen atoms in total. The highest BCUT2D eigenvalue weighted by Crippen LogP contribution is 2.24. The summed E-state index contributed by atoms with van der Waals surface area (Å²) in [6.07, 6.45) is 3.92. The number of pyridine rings is 1. The Kier molecular flexibility index (Phi) is 3.49. The molecule has 0 fully saturated rings. The zero-order valence-electron chi connectivity index (χ0n) is 11.5. The minimum atomic E-state index is 0.833. The van der Waals surface area contributed by atoms with Crippen molar-refractivity contribution in [2.75, 3.05) is 11.9 Å². The van der Waals surface area contributed by atoms with E-state index in [0.717, 1.165) is 16.8 Å². The van der Waals surface area contributed by atoms with Crippen LogP contribution in [0.25, 0.3) is 10.9 Å². The van der Waals surface area contributed by atoms with Gasteiger partial charge < -0.3 is 9.88 Å². The monoisotopic (exact) mass is 329 g/mol. The Labute approximate surface area is 126 Å². The minimum absolute atomic E-state index is 0.833. The van der Waals surface area contributed by atoms with Crippen LogP contribution in [0.4, 0.5) is 5.82 Å². The Hall–Kier alpha value is -1.81. The zero-order chi connectivity index (χ0) is 14.1. The highest BCUT2D eigenvalue weighted by Gasteiger charge is 2.10. The summed E-state index contributed by atoms with van der Waals surface area (Å²) in [5.74, 6) is 1.01. The fraction of sp³-hybridized carbons (Fsp3) is 0.188. The molecule has 2 aromatic heterocycles. The van der Waals surface area contributed by atoms with E-state index in [9.17, 15) is 0 Å². The van der Waals surface area contributed by atoms with Gasteiger partial charge in [0.1, 0.15) is 5.82 Å². The van der Waals surface area contributed by atoms with Crippen molar-refractivity contribution in [2.24, 2.45) is 0 Å². The van der Waals surface area contributed by atoms with E-state index < -0.39 is 0 Å². The molecule has 20 heavy (non-hydrogen) atoms. The fourth-order valence-electron chi connectivity index (χ4n) is 2.53. The number of benzene rings is 1. The molecule has 0 aliphatic heterocycles. The van der Waals surface area contributed by atoms with E-state index in [1.54, 1.807) is 0 Å². The number of aromatic amines is 1. The number of aryl methyl sites for hydroxylation is 1. The number of nitrogens with one attached hydrogen (secondary N) is 1. The number of rotatable bonds is 3. The summed E-state index contributed by atoms with van der Waals surface area (Å²) in [5, 5.41) is 1.27. The van der Waals surface area contributed by atoms with Crippen LogP contribution in [0.15, 0.2) is 47.2 Å². The largest absolute Gasteiger partial charge is 0.361 e. The minimum Gasteiger partial charge on any atom is -0.361 e. The number of H-pyrrole nitrogens is 1. The second-order valence-electron chi connectivity index (χ2n) is 5.01. The third-order valence-electron chi connectivity index (χ3n) is 3.46. The van der Waals surface area contributed by atoms with E-state index in [0.29, 0.717) is 0 Å². The van der Waals surface area contributed by atoms with Crippen LogP contribution in [0.2, 0.25) is 0 Å². The van der Waals surface area contributed by atoms with Gasteiger partial charge in [-0.2, -0.15) is 0 Å². The molecular weight excluding hydrogens is 314 g/mol. The first-order chi connectivity index (χ1) is 9.65. The van der Waals surface area contributed by atoms with E-state index in [1.807, 2.05) is 12.3 Å². The number of aromatic nitrogens is 2. The molecule has 2 heterocycles. The number of hydrogen-bond donors (Lipinski definition) is 1. The Morgan fingerprint density at radius 1 is 1.30 bits per heavy atom. The first kappa shape index (κ1) is 13.2. The molecule has 0 spiro atoms. The molecule has 0 saturated carbocycles. The lowest BCUT2D eigenvalue weighted by molar-refractivity contribution is 0.895. The molecule has 0 aliphatic carbocycles. The molecule has 0 saturated heterocycles. The number of halogens is 1. The van der Waals surface area contributed by atoms with Crippen molar-refractivity contribution in [1.29, 1.82) is 0 Å². The first-order valence-electron chi connectivity index (χ1n) is 6.53. The van der Waals surface area contributed by atoms with Gasteiger partial charge in [-0.15, -0.1) is 0 Å². The molecule has 3 rings (SSSR count). The zero-order valence-corrected chi connectivity index (χ0v) is 13.1. The lowest BCUT2D eigenvalue weighted by Crippen LogP contribution is -2.18. The van der Waals surface area contributed by atoms with Crippen LogP contribution in [-0.4, -0.2) is 17.0 Å². The van der Waals surface area contributed by atoms with Crippen LogP contribution in [0.1, 0.15) is 11.1 Å². The van der Waals surface area contributed by atoms with E-state index in [1.165, 1.54) is 22.0 Å². The van der Waals surface area contributed by atoms with Gasteiger partial charge in [-0.1, -0.05) is 18.2 Å². The molecule has 1 aromatic carbocycles. The third-order valence-corrected chi connectivity index (χ3v) is 3.89. The third kappa shape index (κ3) is 2.43. The van der Waals surface area contributed by atoms with Crippen LogP contribution in [-0.2, 0) is 6.54 Å². The van der Waals surface area contributed by atoms with Gasteiger partial charge in [0, 0.05) is 41.4 Å². The average Bonchev–Trinajstić information content (AvgIpc) is 2.82. The van der Waals surface area contributed by atoms with E-state index in [2.05, 4.69) is 75.2 Å². The van der Waals surface area contributed by atoms with E-state index in [4.69, 9.17) is 0 Å². The summed E-state index contributed by atoms with van der Waals surface area (Å²) in [7, 11) is 2.07. The molecule has 0 aliphatic rings. The topological polar surface area (TPSA) is 31.9 Å². The van der Waals surface area contributed by atoms with Crippen LogP contribution < -0.4 is 4.90 Å². The molecule has 102 valence electrons. The Bertz CT molecular complexity index is 748. The molecule has 0 unspecified atom stereocenters. The molecule has 1 N–H and O–H groups in total. The normalized spacial score (nSPS) is 10.9. The molecule has 4 heteroatoms. The highest BCUT2D eigenvalue weighted by atomic mass is 79.9. The lowest BCUT2D eigenvalue weighted by atomic mass is 10.1. The van der Waals surface area contributed by atoms with Crippen LogP contribution >= 0.6 is 15.9 Å². The van der Waals surface area contributed by atoms with Gasteiger partial charge in [0.05, 0.1) is 0 Å². The van der Waals surface area contributed by atoms with E-state index in [-0.39, 0.29) is 0 Å². The summed E-state index contributed by atoms with van der Waals surface area (Å²) in [4.78, 5) is 10.00. The van der Waals surface area contributed by atoms with Crippen molar-refractivity contribution in [3.8, 4) is 0 Å². The predicted octanol–water partition coefficient (Wildman–Crippen LogP) is 4.27. The Morgan fingerprint density at radius 2 is 2.10 bits per heavy atom. The second kappa shape index (κ2) is 5.29. The summed E-state index contributed by atoms with van der Waals surface area (Å²) in [6.45, 7) is 2.91. The first-order valence-corrected chi connectivity index (χ1v) is 7.33. The SMILES string of the molecule is Cc1cc(Br)cnc1N(C)Cc1c[nH]c2ccccc12. The molecular formula is C16H16BrN3. The quantitative estimate of drug-likeness (QED) is 0.778. The molecule has 3 aromatic rings. The number of hydrogen-bond acceptors (Lipinski definition) is 2. The van der Waals surface area contributed by atoms with Crippen molar-refractivity contribution in [2.45, 2.75) is 13.5 Å². The van der Waals surface area contributed by atoms with Gasteiger partial charge in [0.15, 0.2) is 0 Å². The number of para-hydroxylation sites is 1. The molecule has 0 atom stereocenters. The molecule has 0 bridgehead atoms. The number of fused-ring (bicyclic) bond motifs is 1. The molecule has 0 amide bonds. The van der Waals surface area contributed by atoms with Gasteiger partial charge in [0.25, 0.3) is 0 Å². The Balaban J connectivity index is 1.90. The molecule has 0 radical (unpaired) electrons. The maximum absolute atomic E-state index is 4.51. The summed E-state index contributed by atoms with van der Waals surface area (Å²) >= 11 is 3.45. The summed E-state index contributed by atoms with van der Waals surface area (Å²) in [5.41, 5.74) is 3.63. The maximum atomic E-state index is 4.51. The fourth-order valence-corrected chi connectivity index (χ4v) is 2.97. The van der Waals surface area contributed by atoms with Gasteiger partial charge in [0.2, 0.25) is 0 Å². The highest BCUT2D eigenvalue weighted by molar-refractivity contribution is 9.10. The van der Waals surface area contributed by atoms with Crippen molar-refractivity contribution in [3.63, 3.8) is 0 Å². The smallest absolute Gasteiger partial charge is 0.131 e. The maximum Gasteiger partial charge on any atom is 0.131 e. The van der Waals surface area contributed by atoms with Crippen molar-refractivity contribution < 1.29 is 0 Å². The lowest BCUT2D eigenvalue weighted by Gasteiger charge is -2.20. The number of anilines is 1. The van der Waals surface area contributed by atoms with Gasteiger partial charge in [-0.05, 0) is 46.1 Å². The van der Waals surface area contributed by atoms with Crippen LogP contribution in [0.5, 0.6) is 0 Å². The number of nitrogens with zero attached hydrogens (tertiary/aromatic N) is 2.